The molecule has 0 aliphatic carbocycles. The van der Waals surface area contributed by atoms with Crippen molar-refractivity contribution in [2.75, 3.05) is 0 Å². The van der Waals surface area contributed by atoms with E-state index in [1.54, 1.807) is 6.92 Å². The smallest absolute Gasteiger partial charge is 0.238 e. The third-order valence-corrected chi connectivity index (χ3v) is 2.78. The van der Waals surface area contributed by atoms with Gasteiger partial charge in [0.2, 0.25) is 11.8 Å². The molecule has 0 radical (unpaired) electrons. The van der Waals surface area contributed by atoms with E-state index in [1.165, 1.54) is 6.92 Å². The first-order valence-corrected chi connectivity index (χ1v) is 5.53. The van der Waals surface area contributed by atoms with Crippen LogP contribution in [0.3, 0.4) is 0 Å². The molecule has 1 unspecified atom stereocenters. The second kappa shape index (κ2) is 4.54. The minimum Gasteiger partial charge on any atom is -0.296 e. The van der Waals surface area contributed by atoms with Gasteiger partial charge in [0.25, 0.3) is 0 Å². The summed E-state index contributed by atoms with van der Waals surface area (Å²) in [5.74, 6) is -0.496. The van der Waals surface area contributed by atoms with Gasteiger partial charge in [-0.2, -0.15) is 0 Å². The third-order valence-electron chi connectivity index (χ3n) is 0.892. The second-order valence-electron chi connectivity index (χ2n) is 1.82. The summed E-state index contributed by atoms with van der Waals surface area (Å²) < 4.78 is 3.58. The number of hydrogen-bond acceptors (Lipinski definition) is 2. The van der Waals surface area contributed by atoms with E-state index in [-0.39, 0.29) is 36.5 Å². The van der Waals surface area contributed by atoms with Gasteiger partial charge in [-0.15, -0.1) is 20.7 Å². The third kappa shape index (κ3) is 3.71. The van der Waals surface area contributed by atoms with Crippen LogP contribution >= 0.6 is 20.7 Å². The predicted octanol–water partition coefficient (Wildman–Crippen LogP) is 0.440. The molecule has 0 rings (SSSR count). The molecule has 2 amide bonds. The van der Waals surface area contributed by atoms with Crippen LogP contribution in [0, 0.1) is 0 Å². The van der Waals surface area contributed by atoms with E-state index in [2.05, 4.69) is 9.83 Å². The molecule has 4 heteroatoms. The van der Waals surface area contributed by atoms with Crippen LogP contribution in [-0.4, -0.2) is 20.3 Å². The molecule has 0 aromatic heterocycles. The molecular formula is C6H10INO2. The Kier molecular flexibility index (Phi) is 4.42. The Balaban J connectivity index is 3.84. The number of carbonyl (C=O) groups excluding carboxylic acids is 2. The Hall–Kier alpha value is -0.260. The van der Waals surface area contributed by atoms with Crippen molar-refractivity contribution in [2.24, 2.45) is 0 Å². The summed E-state index contributed by atoms with van der Waals surface area (Å²) in [5.41, 5.74) is 0. The van der Waals surface area contributed by atoms with Crippen molar-refractivity contribution in [2.45, 2.75) is 17.8 Å². The Morgan fingerprint density at radius 3 is 2.40 bits per heavy atom. The van der Waals surface area contributed by atoms with E-state index in [1.807, 2.05) is 0 Å². The standard InChI is InChI=1S/C6H10INO2/c1-4(7-3)6(10)8-5(2)9/h4H,3H2,1-2H3,(H,8,9,10). The molecule has 1 N–H and O–H groups in total. The van der Waals surface area contributed by atoms with Crippen molar-refractivity contribution in [3.63, 3.8) is 0 Å². The van der Waals surface area contributed by atoms with Gasteiger partial charge in [-0.25, -0.2) is 0 Å². The van der Waals surface area contributed by atoms with E-state index < -0.39 is 0 Å². The van der Waals surface area contributed by atoms with Crippen LogP contribution < -0.4 is 5.32 Å². The van der Waals surface area contributed by atoms with Crippen LogP contribution in [-0.2, 0) is 9.59 Å². The molecule has 10 heavy (non-hydrogen) atoms. The Morgan fingerprint density at radius 2 is 2.10 bits per heavy atom. The molecule has 0 aliphatic heterocycles. The Bertz CT molecular complexity index is 167. The maximum Gasteiger partial charge on any atom is 0.238 e. The van der Waals surface area contributed by atoms with Gasteiger partial charge in [-0.05, 0) is 6.92 Å². The van der Waals surface area contributed by atoms with E-state index in [9.17, 15) is 9.59 Å². The maximum atomic E-state index is 10.8. The van der Waals surface area contributed by atoms with Crippen molar-refractivity contribution >= 4 is 37.1 Å². The van der Waals surface area contributed by atoms with Crippen LogP contribution in [0.5, 0.6) is 0 Å². The summed E-state index contributed by atoms with van der Waals surface area (Å²) in [6, 6.07) is 0. The summed E-state index contributed by atoms with van der Waals surface area (Å²) in [6.07, 6.45) is 0. The lowest BCUT2D eigenvalue weighted by Gasteiger charge is -2.02. The van der Waals surface area contributed by atoms with Crippen LogP contribution in [0.4, 0.5) is 0 Å². The fraction of sp³-hybridized carbons (Fsp3) is 0.500. The fourth-order valence-corrected chi connectivity index (χ4v) is 0.899. The highest BCUT2D eigenvalue weighted by molar-refractivity contribution is 14.2. The number of carbonyl (C=O) groups is 2. The molecule has 0 bridgehead atoms. The molecule has 0 heterocycles. The largest absolute Gasteiger partial charge is 0.296 e. The van der Waals surface area contributed by atoms with Crippen molar-refractivity contribution in [3.05, 3.63) is 0 Å². The minimum atomic E-state index is -0.342. The lowest BCUT2D eigenvalue weighted by Crippen LogP contribution is -2.33. The Labute approximate surface area is 69.9 Å². The average Bonchev–Trinajstić information content (AvgIpc) is 1.85. The normalized spacial score (nSPS) is 12.2. The lowest BCUT2D eigenvalue weighted by atomic mass is 10.4. The monoisotopic (exact) mass is 255 g/mol. The molecule has 3 nitrogen and oxygen atoms in total. The van der Waals surface area contributed by atoms with E-state index in [4.69, 9.17) is 0 Å². The zero-order valence-electron chi connectivity index (χ0n) is 5.98. The molecule has 0 aromatic rings. The van der Waals surface area contributed by atoms with Crippen molar-refractivity contribution < 1.29 is 9.59 Å². The van der Waals surface area contributed by atoms with Gasteiger partial charge in [0.1, 0.15) is 0 Å². The van der Waals surface area contributed by atoms with E-state index in [0.717, 1.165) is 0 Å². The SMILES string of the molecule is C=IC(C)C(=O)NC(C)=O. The van der Waals surface area contributed by atoms with Crippen molar-refractivity contribution in [3.8, 4) is 0 Å². The van der Waals surface area contributed by atoms with Gasteiger partial charge >= 0.3 is 0 Å². The number of halogens is 1. The average molecular weight is 255 g/mol. The highest BCUT2D eigenvalue weighted by Gasteiger charge is 2.09. The highest BCUT2D eigenvalue weighted by Crippen LogP contribution is 2.03. The van der Waals surface area contributed by atoms with E-state index >= 15 is 0 Å². The molecule has 0 aliphatic rings. The topological polar surface area (TPSA) is 46.2 Å². The highest BCUT2D eigenvalue weighted by atomic mass is 127. The fourth-order valence-electron chi connectivity index (χ4n) is 0.343. The number of imide groups is 1. The van der Waals surface area contributed by atoms with Crippen molar-refractivity contribution in [1.29, 1.82) is 0 Å². The van der Waals surface area contributed by atoms with Crippen LogP contribution in [0.2, 0.25) is 0 Å². The molecule has 0 spiro atoms. The van der Waals surface area contributed by atoms with Crippen molar-refractivity contribution in [1.82, 2.24) is 5.32 Å². The first-order chi connectivity index (χ1) is 4.57. The molecule has 1 atom stereocenters. The van der Waals surface area contributed by atoms with Crippen LogP contribution in [0.1, 0.15) is 13.8 Å². The second-order valence-corrected chi connectivity index (χ2v) is 4.56. The molecule has 0 fully saturated rings. The van der Waals surface area contributed by atoms with Gasteiger partial charge < -0.3 is 0 Å². The first kappa shape index (κ1) is 9.74. The summed E-state index contributed by atoms with van der Waals surface area (Å²) in [6.45, 7) is 3.10. The van der Waals surface area contributed by atoms with Crippen LogP contribution in [0.25, 0.3) is 0 Å². The van der Waals surface area contributed by atoms with Gasteiger partial charge in [0.05, 0.1) is 3.92 Å². The van der Waals surface area contributed by atoms with Crippen LogP contribution in [0.15, 0.2) is 0 Å². The number of amides is 2. The van der Waals surface area contributed by atoms with Gasteiger partial charge in [0.15, 0.2) is 0 Å². The summed E-state index contributed by atoms with van der Waals surface area (Å²) in [4.78, 5) is 21.2. The molecule has 0 saturated heterocycles. The zero-order valence-corrected chi connectivity index (χ0v) is 8.14. The summed E-state index contributed by atoms with van der Waals surface area (Å²) >= 11 is -0.342. The summed E-state index contributed by atoms with van der Waals surface area (Å²) in [5, 5.41) is 2.20. The number of rotatable bonds is 2. The predicted molar refractivity (Wildman–Crippen MR) is 49.4 cm³/mol. The lowest BCUT2D eigenvalue weighted by molar-refractivity contribution is -0.128. The van der Waals surface area contributed by atoms with Gasteiger partial charge in [-0.1, -0.05) is 4.51 Å². The molecular weight excluding hydrogens is 245 g/mol. The molecule has 0 saturated carbocycles. The van der Waals surface area contributed by atoms with E-state index in [0.29, 0.717) is 0 Å². The Morgan fingerprint density at radius 1 is 1.60 bits per heavy atom. The molecule has 0 aromatic carbocycles. The van der Waals surface area contributed by atoms with Gasteiger partial charge in [-0.3, -0.25) is 14.9 Å². The molecule has 58 valence electrons. The number of nitrogens with one attached hydrogen (secondary N) is 1. The first-order valence-electron chi connectivity index (χ1n) is 2.76. The number of hydrogen-bond donors (Lipinski definition) is 1. The summed E-state index contributed by atoms with van der Waals surface area (Å²) in [7, 11) is 0. The maximum absolute atomic E-state index is 10.8. The quantitative estimate of drug-likeness (QED) is 0.575. The van der Waals surface area contributed by atoms with Gasteiger partial charge in [0, 0.05) is 6.92 Å². The zero-order chi connectivity index (χ0) is 8.15. The minimum absolute atomic E-state index is 0.0669. The number of alkyl halides is 1.